The smallest absolute Gasteiger partial charge is 0.280 e. The fourth-order valence-corrected chi connectivity index (χ4v) is 2.85. The number of ketones is 1. The highest BCUT2D eigenvalue weighted by Crippen LogP contribution is 2.31. The van der Waals surface area contributed by atoms with Gasteiger partial charge in [-0.15, -0.1) is 0 Å². The summed E-state index contributed by atoms with van der Waals surface area (Å²) < 4.78 is 5.67. The van der Waals surface area contributed by atoms with Crippen LogP contribution in [0.3, 0.4) is 0 Å². The number of rotatable bonds is 4. The molecule has 1 saturated carbocycles. The van der Waals surface area contributed by atoms with Gasteiger partial charge in [0.2, 0.25) is 0 Å². The fraction of sp³-hybridized carbons (Fsp3) is 0.526. The van der Waals surface area contributed by atoms with Crippen molar-refractivity contribution in [3.8, 4) is 5.75 Å². The molecule has 1 unspecified atom stereocenters. The minimum absolute atomic E-state index is 0.0968. The maximum absolute atomic E-state index is 12.2. The van der Waals surface area contributed by atoms with E-state index in [1.165, 1.54) is 5.56 Å². The summed E-state index contributed by atoms with van der Waals surface area (Å²) in [6.45, 7) is 9.78. The first kappa shape index (κ1) is 18.2. The Morgan fingerprint density at radius 2 is 1.96 bits per heavy atom. The molecule has 5 nitrogen and oxygen atoms in total. The number of ether oxygens (including phenoxy) is 1. The molecule has 2 rings (SSSR count). The van der Waals surface area contributed by atoms with Crippen molar-refractivity contribution in [2.24, 2.45) is 10.5 Å². The van der Waals surface area contributed by atoms with Gasteiger partial charge in [0.1, 0.15) is 11.5 Å². The van der Waals surface area contributed by atoms with E-state index >= 15 is 0 Å². The molecule has 0 aromatic heterocycles. The average molecular weight is 330 g/mol. The van der Waals surface area contributed by atoms with Crippen LogP contribution in [0.1, 0.15) is 51.2 Å². The molecular formula is C19H26N2O3. The van der Waals surface area contributed by atoms with Crippen molar-refractivity contribution in [1.29, 1.82) is 0 Å². The molecule has 1 aromatic carbocycles. The number of hydrogen-bond acceptors (Lipinski definition) is 4. The summed E-state index contributed by atoms with van der Waals surface area (Å²) in [7, 11) is 0. The monoisotopic (exact) mass is 330 g/mol. The van der Waals surface area contributed by atoms with Gasteiger partial charge in [-0.25, -0.2) is 5.43 Å². The topological polar surface area (TPSA) is 67.8 Å². The quantitative estimate of drug-likeness (QED) is 0.861. The van der Waals surface area contributed by atoms with Crippen LogP contribution < -0.4 is 10.2 Å². The zero-order chi connectivity index (χ0) is 17.9. The van der Waals surface area contributed by atoms with E-state index in [9.17, 15) is 9.59 Å². The molecule has 1 aliphatic carbocycles. The second-order valence-electron chi connectivity index (χ2n) is 7.39. The van der Waals surface area contributed by atoms with E-state index < -0.39 is 6.10 Å². The van der Waals surface area contributed by atoms with E-state index in [1.807, 2.05) is 45.9 Å². The number of carbonyl (C=O) groups excluding carboxylic acids is 2. The second-order valence-corrected chi connectivity index (χ2v) is 7.39. The van der Waals surface area contributed by atoms with Crippen molar-refractivity contribution < 1.29 is 14.3 Å². The SMILES string of the molecule is Cc1ccc(OC(C)C(=O)N/N=C2\CC(=O)CC(C)(C)C2)cc1C. The molecule has 1 amide bonds. The Balaban J connectivity index is 1.95. The van der Waals surface area contributed by atoms with Crippen LogP contribution in [0.4, 0.5) is 0 Å². The number of nitrogens with zero attached hydrogens (tertiary/aromatic N) is 1. The highest BCUT2D eigenvalue weighted by molar-refractivity contribution is 6.05. The molecule has 24 heavy (non-hydrogen) atoms. The zero-order valence-corrected chi connectivity index (χ0v) is 15.1. The summed E-state index contributed by atoms with van der Waals surface area (Å²) in [6.07, 6.45) is 0.928. The van der Waals surface area contributed by atoms with Gasteiger partial charge in [-0.1, -0.05) is 19.9 Å². The summed E-state index contributed by atoms with van der Waals surface area (Å²) in [5.41, 5.74) is 5.45. The Bertz CT molecular complexity index is 677. The summed E-state index contributed by atoms with van der Waals surface area (Å²) in [5, 5.41) is 4.14. The molecule has 1 aliphatic rings. The maximum atomic E-state index is 12.2. The molecule has 1 aromatic rings. The normalized spacial score (nSPS) is 19.9. The van der Waals surface area contributed by atoms with Gasteiger partial charge in [-0.2, -0.15) is 5.10 Å². The van der Waals surface area contributed by atoms with Gasteiger partial charge in [-0.3, -0.25) is 9.59 Å². The van der Waals surface area contributed by atoms with Crippen LogP contribution in [0.2, 0.25) is 0 Å². The lowest BCUT2D eigenvalue weighted by atomic mass is 9.76. The minimum atomic E-state index is -0.663. The number of nitrogens with one attached hydrogen (secondary N) is 1. The number of Topliss-reactive ketones (excluding diaryl/α,β-unsaturated/α-hetero) is 1. The summed E-state index contributed by atoms with van der Waals surface area (Å²) in [6, 6.07) is 5.72. The van der Waals surface area contributed by atoms with Gasteiger partial charge in [-0.05, 0) is 55.9 Å². The van der Waals surface area contributed by atoms with E-state index in [1.54, 1.807) is 6.92 Å². The average Bonchev–Trinajstić information content (AvgIpc) is 2.46. The highest BCUT2D eigenvalue weighted by Gasteiger charge is 2.30. The summed E-state index contributed by atoms with van der Waals surface area (Å²) >= 11 is 0. The Morgan fingerprint density at radius 3 is 2.58 bits per heavy atom. The largest absolute Gasteiger partial charge is 0.481 e. The van der Waals surface area contributed by atoms with Gasteiger partial charge in [0.25, 0.3) is 5.91 Å². The first-order chi connectivity index (χ1) is 11.2. The van der Waals surface area contributed by atoms with Crippen LogP contribution in [0.5, 0.6) is 5.75 Å². The van der Waals surface area contributed by atoms with Gasteiger partial charge in [0.15, 0.2) is 6.10 Å². The molecular weight excluding hydrogens is 304 g/mol. The number of amides is 1. The van der Waals surface area contributed by atoms with Crippen LogP contribution in [0, 0.1) is 19.3 Å². The van der Waals surface area contributed by atoms with Crippen molar-refractivity contribution in [3.63, 3.8) is 0 Å². The van der Waals surface area contributed by atoms with Gasteiger partial charge >= 0.3 is 0 Å². The van der Waals surface area contributed by atoms with Crippen LogP contribution in [0.25, 0.3) is 0 Å². The number of aryl methyl sites for hydroxylation is 2. The van der Waals surface area contributed by atoms with E-state index in [4.69, 9.17) is 4.74 Å². The predicted molar refractivity (Wildman–Crippen MR) is 94.2 cm³/mol. The lowest BCUT2D eigenvalue weighted by Crippen LogP contribution is -2.36. The predicted octanol–water partition coefficient (Wildman–Crippen LogP) is 3.32. The van der Waals surface area contributed by atoms with Crippen molar-refractivity contribution >= 4 is 17.4 Å². The minimum Gasteiger partial charge on any atom is -0.481 e. The van der Waals surface area contributed by atoms with Crippen molar-refractivity contribution in [2.75, 3.05) is 0 Å². The number of hydrogen-bond donors (Lipinski definition) is 1. The van der Waals surface area contributed by atoms with Crippen molar-refractivity contribution in [1.82, 2.24) is 5.43 Å². The third kappa shape index (κ3) is 4.91. The highest BCUT2D eigenvalue weighted by atomic mass is 16.5. The van der Waals surface area contributed by atoms with Crippen LogP contribution in [-0.4, -0.2) is 23.5 Å². The lowest BCUT2D eigenvalue weighted by Gasteiger charge is -2.29. The third-order valence-corrected chi connectivity index (χ3v) is 4.24. The van der Waals surface area contributed by atoms with Crippen molar-refractivity contribution in [2.45, 2.75) is 60.0 Å². The van der Waals surface area contributed by atoms with Crippen LogP contribution >= 0.6 is 0 Å². The molecule has 0 aliphatic heterocycles. The van der Waals surface area contributed by atoms with E-state index in [0.717, 1.165) is 11.3 Å². The molecule has 1 atom stereocenters. The first-order valence-electron chi connectivity index (χ1n) is 8.27. The second kappa shape index (κ2) is 7.16. The molecule has 0 bridgehead atoms. The molecule has 0 radical (unpaired) electrons. The summed E-state index contributed by atoms with van der Waals surface area (Å²) in [4.78, 5) is 23.9. The summed E-state index contributed by atoms with van der Waals surface area (Å²) in [5.74, 6) is 0.498. The molecule has 0 heterocycles. The Labute approximate surface area is 143 Å². The molecule has 1 fully saturated rings. The van der Waals surface area contributed by atoms with Gasteiger partial charge in [0, 0.05) is 18.6 Å². The van der Waals surface area contributed by atoms with Crippen LogP contribution in [0.15, 0.2) is 23.3 Å². The van der Waals surface area contributed by atoms with Crippen molar-refractivity contribution in [3.05, 3.63) is 29.3 Å². The number of hydrazone groups is 1. The standard InChI is InChI=1S/C19H26N2O3/c1-12-6-7-17(8-13(12)2)24-14(3)18(23)21-20-15-9-16(22)11-19(4,5)10-15/h6-8,14H,9-11H2,1-5H3,(H,21,23)/b20-15+. The van der Waals surface area contributed by atoms with E-state index in [2.05, 4.69) is 10.5 Å². The van der Waals surface area contributed by atoms with Gasteiger partial charge < -0.3 is 4.74 Å². The first-order valence-corrected chi connectivity index (χ1v) is 8.27. The molecule has 1 N–H and O–H groups in total. The van der Waals surface area contributed by atoms with Gasteiger partial charge in [0.05, 0.1) is 0 Å². The molecule has 130 valence electrons. The molecule has 0 saturated heterocycles. The molecule has 5 heteroatoms. The number of carbonyl (C=O) groups is 2. The maximum Gasteiger partial charge on any atom is 0.280 e. The van der Waals surface area contributed by atoms with Crippen LogP contribution in [-0.2, 0) is 9.59 Å². The zero-order valence-electron chi connectivity index (χ0n) is 15.1. The fourth-order valence-electron chi connectivity index (χ4n) is 2.85. The lowest BCUT2D eigenvalue weighted by molar-refractivity contribution is -0.127. The third-order valence-electron chi connectivity index (χ3n) is 4.24. The van der Waals surface area contributed by atoms with E-state index in [-0.39, 0.29) is 17.1 Å². The number of benzene rings is 1. The Hall–Kier alpha value is -2.17. The molecule has 0 spiro atoms. The Morgan fingerprint density at radius 1 is 1.25 bits per heavy atom. The van der Waals surface area contributed by atoms with E-state index in [0.29, 0.717) is 25.0 Å². The Kier molecular flexibility index (Phi) is 5.42.